The van der Waals surface area contributed by atoms with E-state index >= 15 is 0 Å². The SMILES string of the molecule is CCCCCCCCOc1ncncc1I. The Balaban J connectivity index is 2.05. The number of hydrogen-bond acceptors (Lipinski definition) is 3. The topological polar surface area (TPSA) is 35.0 Å². The van der Waals surface area contributed by atoms with Crippen molar-refractivity contribution in [2.45, 2.75) is 45.4 Å². The third kappa shape index (κ3) is 5.63. The molecule has 1 rings (SSSR count). The summed E-state index contributed by atoms with van der Waals surface area (Å²) >= 11 is 2.19. The number of nitrogens with zero attached hydrogens (tertiary/aromatic N) is 2. The summed E-state index contributed by atoms with van der Waals surface area (Å²) in [5.74, 6) is 0.712. The minimum atomic E-state index is 0.712. The molecule has 0 radical (unpaired) electrons. The molecular formula is C12H19IN2O. The lowest BCUT2D eigenvalue weighted by Gasteiger charge is -2.05. The molecule has 0 aliphatic heterocycles. The van der Waals surface area contributed by atoms with Crippen LogP contribution in [-0.4, -0.2) is 16.6 Å². The Morgan fingerprint density at radius 2 is 1.94 bits per heavy atom. The average molecular weight is 334 g/mol. The molecule has 0 amide bonds. The monoisotopic (exact) mass is 334 g/mol. The molecule has 1 heterocycles. The van der Waals surface area contributed by atoms with E-state index in [0.29, 0.717) is 5.88 Å². The van der Waals surface area contributed by atoms with Gasteiger partial charge in [0.25, 0.3) is 0 Å². The highest BCUT2D eigenvalue weighted by molar-refractivity contribution is 14.1. The van der Waals surface area contributed by atoms with Crippen molar-refractivity contribution in [2.24, 2.45) is 0 Å². The largest absolute Gasteiger partial charge is 0.477 e. The maximum absolute atomic E-state index is 5.58. The molecule has 1 aromatic rings. The third-order valence-corrected chi connectivity index (χ3v) is 3.11. The van der Waals surface area contributed by atoms with Crippen molar-refractivity contribution in [2.75, 3.05) is 6.61 Å². The van der Waals surface area contributed by atoms with Crippen LogP contribution in [0.2, 0.25) is 0 Å². The van der Waals surface area contributed by atoms with Gasteiger partial charge in [0.1, 0.15) is 6.33 Å². The Labute approximate surface area is 111 Å². The molecule has 3 nitrogen and oxygen atoms in total. The summed E-state index contributed by atoms with van der Waals surface area (Å²) in [6, 6.07) is 0. The summed E-state index contributed by atoms with van der Waals surface area (Å²) in [5, 5.41) is 0. The van der Waals surface area contributed by atoms with Gasteiger partial charge in [0.2, 0.25) is 5.88 Å². The number of unbranched alkanes of at least 4 members (excludes halogenated alkanes) is 5. The van der Waals surface area contributed by atoms with Gasteiger partial charge in [-0.2, -0.15) is 0 Å². The van der Waals surface area contributed by atoms with Crippen molar-refractivity contribution in [1.82, 2.24) is 9.97 Å². The van der Waals surface area contributed by atoms with Gasteiger partial charge in [-0.15, -0.1) is 0 Å². The molecule has 90 valence electrons. The van der Waals surface area contributed by atoms with E-state index in [1.807, 2.05) is 0 Å². The summed E-state index contributed by atoms with van der Waals surface area (Å²) in [6.45, 7) is 3.00. The van der Waals surface area contributed by atoms with Crippen molar-refractivity contribution >= 4 is 22.6 Å². The fourth-order valence-corrected chi connectivity index (χ4v) is 1.91. The highest BCUT2D eigenvalue weighted by Crippen LogP contribution is 2.15. The molecule has 0 aliphatic rings. The summed E-state index contributed by atoms with van der Waals surface area (Å²) in [6.07, 6.45) is 11.0. The normalized spacial score (nSPS) is 10.4. The van der Waals surface area contributed by atoms with E-state index in [4.69, 9.17) is 4.74 Å². The van der Waals surface area contributed by atoms with E-state index < -0.39 is 0 Å². The molecule has 0 spiro atoms. The van der Waals surface area contributed by atoms with Crippen LogP contribution in [0, 0.1) is 3.57 Å². The van der Waals surface area contributed by atoms with Crippen LogP contribution in [0.5, 0.6) is 5.88 Å². The molecule has 1 aromatic heterocycles. The van der Waals surface area contributed by atoms with Gasteiger partial charge >= 0.3 is 0 Å². The van der Waals surface area contributed by atoms with Crippen LogP contribution in [0.25, 0.3) is 0 Å². The van der Waals surface area contributed by atoms with E-state index in [1.54, 1.807) is 6.20 Å². The Bertz CT molecular complexity index is 294. The number of aromatic nitrogens is 2. The Kier molecular flexibility index (Phi) is 7.46. The molecular weight excluding hydrogens is 315 g/mol. The number of ether oxygens (including phenoxy) is 1. The van der Waals surface area contributed by atoms with E-state index in [9.17, 15) is 0 Å². The minimum absolute atomic E-state index is 0.712. The lowest BCUT2D eigenvalue weighted by atomic mass is 10.1. The summed E-state index contributed by atoms with van der Waals surface area (Å²) in [7, 11) is 0. The van der Waals surface area contributed by atoms with Gasteiger partial charge in [0.05, 0.1) is 10.2 Å². The molecule has 16 heavy (non-hydrogen) atoms. The number of halogens is 1. The van der Waals surface area contributed by atoms with Gasteiger partial charge < -0.3 is 4.74 Å². The van der Waals surface area contributed by atoms with Gasteiger partial charge in [0, 0.05) is 6.20 Å². The first kappa shape index (κ1) is 13.7. The zero-order valence-corrected chi connectivity index (χ0v) is 11.9. The molecule has 0 bridgehead atoms. The first-order valence-corrected chi connectivity index (χ1v) is 7.00. The van der Waals surface area contributed by atoms with Gasteiger partial charge in [-0.25, -0.2) is 9.97 Å². The summed E-state index contributed by atoms with van der Waals surface area (Å²) < 4.78 is 6.56. The van der Waals surface area contributed by atoms with Crippen LogP contribution in [0.3, 0.4) is 0 Å². The van der Waals surface area contributed by atoms with E-state index in [1.165, 1.54) is 38.4 Å². The Morgan fingerprint density at radius 3 is 2.69 bits per heavy atom. The van der Waals surface area contributed by atoms with Gasteiger partial charge in [-0.3, -0.25) is 0 Å². The lowest BCUT2D eigenvalue weighted by molar-refractivity contribution is 0.290. The van der Waals surface area contributed by atoms with E-state index in [0.717, 1.165) is 16.6 Å². The van der Waals surface area contributed by atoms with Crippen LogP contribution in [0.4, 0.5) is 0 Å². The Hall–Kier alpha value is -0.390. The van der Waals surface area contributed by atoms with Crippen LogP contribution in [0.1, 0.15) is 45.4 Å². The first-order valence-electron chi connectivity index (χ1n) is 5.93. The second-order valence-corrected chi connectivity index (χ2v) is 4.95. The van der Waals surface area contributed by atoms with Crippen molar-refractivity contribution in [3.8, 4) is 5.88 Å². The van der Waals surface area contributed by atoms with Crippen molar-refractivity contribution in [1.29, 1.82) is 0 Å². The molecule has 0 saturated heterocycles. The van der Waals surface area contributed by atoms with Crippen molar-refractivity contribution in [3.63, 3.8) is 0 Å². The molecule has 0 saturated carbocycles. The second-order valence-electron chi connectivity index (χ2n) is 3.79. The minimum Gasteiger partial charge on any atom is -0.477 e. The van der Waals surface area contributed by atoms with E-state index in [2.05, 4.69) is 39.5 Å². The number of rotatable bonds is 8. The van der Waals surface area contributed by atoms with Gasteiger partial charge in [0.15, 0.2) is 0 Å². The standard InChI is InChI=1S/C12H19IN2O/c1-2-3-4-5-6-7-8-16-12-11(13)9-14-10-15-12/h9-10H,2-8H2,1H3. The molecule has 0 atom stereocenters. The average Bonchev–Trinajstić information content (AvgIpc) is 2.30. The third-order valence-electron chi connectivity index (χ3n) is 2.37. The maximum atomic E-state index is 5.58. The zero-order valence-electron chi connectivity index (χ0n) is 9.79. The molecule has 0 N–H and O–H groups in total. The number of hydrogen-bond donors (Lipinski definition) is 0. The van der Waals surface area contributed by atoms with Crippen LogP contribution >= 0.6 is 22.6 Å². The van der Waals surface area contributed by atoms with Gasteiger partial charge in [-0.1, -0.05) is 39.0 Å². The molecule has 0 unspecified atom stereocenters. The molecule has 0 fully saturated rings. The van der Waals surface area contributed by atoms with Crippen molar-refractivity contribution < 1.29 is 4.74 Å². The predicted octanol–water partition coefficient (Wildman–Crippen LogP) is 3.82. The van der Waals surface area contributed by atoms with Crippen LogP contribution in [0.15, 0.2) is 12.5 Å². The van der Waals surface area contributed by atoms with Crippen molar-refractivity contribution in [3.05, 3.63) is 16.1 Å². The van der Waals surface area contributed by atoms with Crippen LogP contribution in [-0.2, 0) is 0 Å². The highest BCUT2D eigenvalue weighted by atomic mass is 127. The fourth-order valence-electron chi connectivity index (χ4n) is 1.46. The Morgan fingerprint density at radius 1 is 1.19 bits per heavy atom. The quantitative estimate of drug-likeness (QED) is 0.535. The molecule has 0 aliphatic carbocycles. The highest BCUT2D eigenvalue weighted by Gasteiger charge is 2.00. The molecule has 4 heteroatoms. The van der Waals surface area contributed by atoms with E-state index in [-0.39, 0.29) is 0 Å². The first-order chi connectivity index (χ1) is 7.84. The van der Waals surface area contributed by atoms with Crippen LogP contribution < -0.4 is 4.74 Å². The summed E-state index contributed by atoms with van der Waals surface area (Å²) in [5.41, 5.74) is 0. The second kappa shape index (κ2) is 8.73. The predicted molar refractivity (Wildman–Crippen MR) is 73.6 cm³/mol. The summed E-state index contributed by atoms with van der Waals surface area (Å²) in [4.78, 5) is 8.01. The molecule has 0 aromatic carbocycles. The smallest absolute Gasteiger partial charge is 0.230 e. The maximum Gasteiger partial charge on any atom is 0.230 e. The lowest BCUT2D eigenvalue weighted by Crippen LogP contribution is -2.01. The zero-order chi connectivity index (χ0) is 11.6. The fraction of sp³-hybridized carbons (Fsp3) is 0.667. The van der Waals surface area contributed by atoms with Gasteiger partial charge in [-0.05, 0) is 29.0 Å².